The monoisotopic (exact) mass is 279 g/mol. The largest absolute Gasteiger partial charge is 0.382 e. The zero-order chi connectivity index (χ0) is 12.9. The molecule has 0 heterocycles. The average molecular weight is 280 g/mol. The topological polar surface area (TPSA) is 61.6 Å². The molecule has 0 spiro atoms. The van der Waals surface area contributed by atoms with Gasteiger partial charge in [-0.05, 0) is 12.2 Å². The van der Waals surface area contributed by atoms with Crippen molar-refractivity contribution in [3.05, 3.63) is 23.3 Å². The summed E-state index contributed by atoms with van der Waals surface area (Å²) in [5.41, 5.74) is 5.17. The Bertz CT molecular complexity index is 344. The van der Waals surface area contributed by atoms with E-state index in [2.05, 4.69) is 0 Å². The van der Waals surface area contributed by atoms with Gasteiger partial charge in [-0.3, -0.25) is 4.79 Å². The van der Waals surface area contributed by atoms with Gasteiger partial charge in [0.15, 0.2) is 5.06 Å². The lowest BCUT2D eigenvalue weighted by atomic mass is 9.93. The Labute approximate surface area is 110 Å². The Morgan fingerprint density at radius 1 is 1.59 bits per heavy atom. The molecular formula is C11H15Cl2NO3. The van der Waals surface area contributed by atoms with Crippen LogP contribution in [-0.4, -0.2) is 31.3 Å². The van der Waals surface area contributed by atoms with E-state index in [9.17, 15) is 4.79 Å². The van der Waals surface area contributed by atoms with Crippen molar-refractivity contribution in [2.45, 2.75) is 11.5 Å². The number of alkyl halides is 1. The zero-order valence-electron chi connectivity index (χ0n) is 9.49. The number of allylic oxidation sites excluding steroid dienone is 2. The minimum Gasteiger partial charge on any atom is -0.382 e. The Hall–Kier alpha value is -0.550. The predicted octanol–water partition coefficient (Wildman–Crippen LogP) is 1.77. The molecule has 2 unspecified atom stereocenters. The first-order valence-electron chi connectivity index (χ1n) is 5.14. The van der Waals surface area contributed by atoms with Crippen molar-refractivity contribution < 1.29 is 14.3 Å². The number of amides is 1. The molecule has 0 bridgehead atoms. The molecule has 1 aliphatic carbocycles. The fraction of sp³-hybridized carbons (Fsp3) is 0.545. The van der Waals surface area contributed by atoms with E-state index in [4.69, 9.17) is 38.4 Å². The first-order valence-corrected chi connectivity index (χ1v) is 5.90. The molecule has 0 aliphatic heterocycles. The van der Waals surface area contributed by atoms with Crippen LogP contribution >= 0.6 is 23.2 Å². The van der Waals surface area contributed by atoms with Crippen LogP contribution in [0.1, 0.15) is 6.42 Å². The molecule has 4 nitrogen and oxygen atoms in total. The summed E-state index contributed by atoms with van der Waals surface area (Å²) in [6.07, 6.45) is 5.02. The molecule has 2 atom stereocenters. The molecule has 0 aromatic rings. The second kappa shape index (κ2) is 6.40. The molecule has 0 aromatic carbocycles. The van der Waals surface area contributed by atoms with Gasteiger partial charge in [0.2, 0.25) is 5.91 Å². The second-order valence-electron chi connectivity index (χ2n) is 3.70. The average Bonchev–Trinajstić information content (AvgIpc) is 2.24. The van der Waals surface area contributed by atoms with E-state index < -0.39 is 11.0 Å². The highest BCUT2D eigenvalue weighted by Gasteiger charge is 2.37. The lowest BCUT2D eigenvalue weighted by molar-refractivity contribution is -0.120. The zero-order valence-corrected chi connectivity index (χ0v) is 11.0. The molecule has 1 amide bonds. The van der Waals surface area contributed by atoms with Crippen molar-refractivity contribution in [2.75, 3.05) is 20.3 Å². The molecule has 0 saturated heterocycles. The lowest BCUT2D eigenvalue weighted by Crippen LogP contribution is -2.37. The highest BCUT2D eigenvalue weighted by Crippen LogP contribution is 2.37. The van der Waals surface area contributed by atoms with Crippen LogP contribution < -0.4 is 5.73 Å². The number of methoxy groups -OCH3 is 1. The van der Waals surface area contributed by atoms with E-state index in [0.29, 0.717) is 18.2 Å². The summed E-state index contributed by atoms with van der Waals surface area (Å²) in [5.74, 6) is -0.831. The van der Waals surface area contributed by atoms with Crippen LogP contribution in [0.5, 0.6) is 0 Å². The van der Waals surface area contributed by atoms with Gasteiger partial charge < -0.3 is 15.2 Å². The van der Waals surface area contributed by atoms with Crippen LogP contribution in [0.4, 0.5) is 0 Å². The number of nitrogens with two attached hydrogens (primary N) is 1. The molecule has 1 rings (SSSR count). The molecule has 0 aromatic heterocycles. The van der Waals surface area contributed by atoms with Crippen molar-refractivity contribution in [1.82, 2.24) is 0 Å². The quantitative estimate of drug-likeness (QED) is 0.595. The number of carbonyl (C=O) groups excluding carboxylic acids is 1. The van der Waals surface area contributed by atoms with E-state index in [1.165, 1.54) is 0 Å². The van der Waals surface area contributed by atoms with Crippen molar-refractivity contribution in [3.8, 4) is 0 Å². The molecular weight excluding hydrogens is 265 g/mol. The van der Waals surface area contributed by atoms with E-state index in [0.717, 1.165) is 0 Å². The van der Waals surface area contributed by atoms with Crippen LogP contribution in [0.25, 0.3) is 0 Å². The van der Waals surface area contributed by atoms with Crippen molar-refractivity contribution in [1.29, 1.82) is 0 Å². The van der Waals surface area contributed by atoms with Crippen LogP contribution in [0.2, 0.25) is 0 Å². The summed E-state index contributed by atoms with van der Waals surface area (Å²) < 4.78 is 10.4. The third-order valence-electron chi connectivity index (χ3n) is 2.37. The van der Waals surface area contributed by atoms with Gasteiger partial charge in [0.1, 0.15) is 0 Å². The number of halogens is 2. The minimum atomic E-state index is -1.09. The first kappa shape index (κ1) is 14.5. The number of hydrogen-bond acceptors (Lipinski definition) is 3. The van der Waals surface area contributed by atoms with Crippen molar-refractivity contribution in [2.24, 2.45) is 11.7 Å². The summed E-state index contributed by atoms with van der Waals surface area (Å²) >= 11 is 12.2. The molecule has 2 N–H and O–H groups in total. The third-order valence-corrected chi connectivity index (χ3v) is 3.14. The summed E-state index contributed by atoms with van der Waals surface area (Å²) in [4.78, 5) is 11.0. The number of rotatable bonds is 6. The predicted molar refractivity (Wildman–Crippen MR) is 66.8 cm³/mol. The third kappa shape index (κ3) is 4.32. The molecule has 0 radical (unpaired) electrons. The maximum absolute atomic E-state index is 11.0. The van der Waals surface area contributed by atoms with E-state index in [-0.39, 0.29) is 12.3 Å². The smallest absolute Gasteiger partial charge is 0.218 e. The fourth-order valence-corrected chi connectivity index (χ4v) is 2.03. The Morgan fingerprint density at radius 2 is 2.29 bits per heavy atom. The van der Waals surface area contributed by atoms with Gasteiger partial charge in [-0.15, -0.1) is 0 Å². The first-order chi connectivity index (χ1) is 7.98. The van der Waals surface area contributed by atoms with Gasteiger partial charge in [0.05, 0.1) is 13.2 Å². The standard InChI is InChI=1S/C11H15Cl2NO3/c1-16-4-5-17-11(13)3-2-9(12)6-8(11)7-10(14)15/h2-3,6,8H,4-5,7H2,1H3,(H2,14,15). The van der Waals surface area contributed by atoms with Crippen LogP contribution in [0.3, 0.4) is 0 Å². The molecule has 0 fully saturated rings. The Kier molecular flexibility index (Phi) is 5.46. The second-order valence-corrected chi connectivity index (χ2v) is 4.73. The van der Waals surface area contributed by atoms with Gasteiger partial charge >= 0.3 is 0 Å². The van der Waals surface area contributed by atoms with Gasteiger partial charge in [0, 0.05) is 24.5 Å². The van der Waals surface area contributed by atoms with Crippen LogP contribution in [0.15, 0.2) is 23.3 Å². The van der Waals surface area contributed by atoms with Crippen LogP contribution in [0, 0.1) is 5.92 Å². The molecule has 96 valence electrons. The number of hydrogen-bond donors (Lipinski definition) is 1. The van der Waals surface area contributed by atoms with Crippen LogP contribution in [-0.2, 0) is 14.3 Å². The molecule has 0 saturated carbocycles. The van der Waals surface area contributed by atoms with Gasteiger partial charge in [-0.2, -0.15) is 0 Å². The van der Waals surface area contributed by atoms with Gasteiger partial charge in [-0.1, -0.05) is 29.3 Å². The summed E-state index contributed by atoms with van der Waals surface area (Å²) in [5, 5.41) is -0.575. The van der Waals surface area contributed by atoms with E-state index in [1.54, 1.807) is 25.3 Å². The van der Waals surface area contributed by atoms with E-state index in [1.807, 2.05) is 0 Å². The lowest BCUT2D eigenvalue weighted by Gasteiger charge is -2.32. The maximum Gasteiger partial charge on any atom is 0.218 e. The highest BCUT2D eigenvalue weighted by molar-refractivity contribution is 6.32. The minimum absolute atomic E-state index is 0.0804. The highest BCUT2D eigenvalue weighted by atomic mass is 35.5. The molecule has 1 aliphatic rings. The maximum atomic E-state index is 11.0. The van der Waals surface area contributed by atoms with Crippen molar-refractivity contribution >= 4 is 29.1 Å². The fourth-order valence-electron chi connectivity index (χ4n) is 1.53. The SMILES string of the molecule is COCCOC1(Cl)C=CC(Cl)=CC1CC(N)=O. The Morgan fingerprint density at radius 3 is 2.88 bits per heavy atom. The van der Waals surface area contributed by atoms with Crippen molar-refractivity contribution in [3.63, 3.8) is 0 Å². The Balaban J connectivity index is 2.72. The van der Waals surface area contributed by atoms with Gasteiger partial charge in [-0.25, -0.2) is 0 Å². The van der Waals surface area contributed by atoms with E-state index >= 15 is 0 Å². The normalized spacial score (nSPS) is 27.9. The number of carbonyl (C=O) groups is 1. The summed E-state index contributed by atoms with van der Waals surface area (Å²) in [6, 6.07) is 0. The summed E-state index contributed by atoms with van der Waals surface area (Å²) in [7, 11) is 1.57. The number of ether oxygens (including phenoxy) is 2. The molecule has 17 heavy (non-hydrogen) atoms. The molecule has 6 heteroatoms. The summed E-state index contributed by atoms with van der Waals surface area (Å²) in [6.45, 7) is 0.744. The van der Waals surface area contributed by atoms with Gasteiger partial charge in [0.25, 0.3) is 0 Å². The number of primary amides is 1.